The highest BCUT2D eigenvalue weighted by molar-refractivity contribution is 6.30. The van der Waals surface area contributed by atoms with Crippen molar-refractivity contribution in [1.29, 1.82) is 0 Å². The largest absolute Gasteiger partial charge is 0.462 e. The molecule has 1 aromatic carbocycles. The number of fused-ring (bicyclic) bond motifs is 7. The van der Waals surface area contributed by atoms with Crippen molar-refractivity contribution in [3.63, 3.8) is 0 Å². The standard InChI is InChI=1S/C42H60ClNO4.C2H6.CH4O/c1-26(2)36-31(46)21-42(24-44-23-27-10-9-11-28(43)20-27)19-14-30-29(37(36)42)12-13-33-40(30,7)17-15-32-39(5,6)34(16-18-41(32,33)8)48-35(47)22-38(3,4)25-45;2*1-2/h9-11,20,25-26,29-30,32-34,44H,12-19,21-24H2,1-8H3;1-2H3;2H,1H3/t29?,30?,32?,33?,34-,40-,41?,42-;;/m0../s1. The third-order valence-corrected chi connectivity index (χ3v) is 14.8. The summed E-state index contributed by atoms with van der Waals surface area (Å²) in [6, 6.07) is 8.08. The SMILES string of the molecule is CC.CC(C)C1=C2C3CCC4C5(C)CC[C@H](OC(=O)CC(C)(C)C=O)C(C)(C)C5CC[C@@]4(C)C3CC[C@@]2(CNCc2cccc(Cl)c2)CC1=O.CO. The Bertz CT molecular complexity index is 1480. The van der Waals surface area contributed by atoms with E-state index in [1.54, 1.807) is 13.8 Å². The minimum atomic E-state index is -0.700. The van der Waals surface area contributed by atoms with E-state index in [4.69, 9.17) is 21.4 Å². The quantitative estimate of drug-likeness (QED) is 0.194. The molecule has 52 heavy (non-hydrogen) atoms. The van der Waals surface area contributed by atoms with E-state index in [0.29, 0.717) is 35.9 Å². The second kappa shape index (κ2) is 16.4. The highest BCUT2D eigenvalue weighted by Gasteiger charge is 2.66. The molecule has 292 valence electrons. The van der Waals surface area contributed by atoms with E-state index in [0.717, 1.165) is 62.8 Å². The lowest BCUT2D eigenvalue weighted by Crippen LogP contribution is -2.63. The van der Waals surface area contributed by atoms with Crippen LogP contribution in [0.2, 0.25) is 5.02 Å². The van der Waals surface area contributed by atoms with Gasteiger partial charge in [-0.2, -0.15) is 0 Å². The molecule has 6 rings (SSSR count). The molecule has 0 aliphatic heterocycles. The second-order valence-corrected chi connectivity index (χ2v) is 19.1. The number of ether oxygens (including phenoxy) is 1. The van der Waals surface area contributed by atoms with Crippen LogP contribution in [0, 0.1) is 56.7 Å². The summed E-state index contributed by atoms with van der Waals surface area (Å²) in [6.07, 6.45) is 10.5. The predicted octanol–water partition coefficient (Wildman–Crippen LogP) is 10.2. The fourth-order valence-corrected chi connectivity index (χ4v) is 12.7. The normalized spacial score (nSPS) is 34.7. The second-order valence-electron chi connectivity index (χ2n) is 18.7. The topological polar surface area (TPSA) is 92.7 Å². The molecule has 4 fully saturated rings. The van der Waals surface area contributed by atoms with Crippen molar-refractivity contribution in [1.82, 2.24) is 5.32 Å². The third kappa shape index (κ3) is 7.74. The van der Waals surface area contributed by atoms with Gasteiger partial charge in [-0.15, -0.1) is 0 Å². The first kappa shape index (κ1) is 42.7. The van der Waals surface area contributed by atoms with Crippen LogP contribution in [-0.4, -0.2) is 42.9 Å². The van der Waals surface area contributed by atoms with Gasteiger partial charge in [-0.3, -0.25) is 9.59 Å². The van der Waals surface area contributed by atoms with E-state index in [2.05, 4.69) is 52.9 Å². The number of Topliss-reactive ketones (excluding diaryl/α,β-unsaturated/α-hetero) is 1. The average Bonchev–Trinajstić information content (AvgIpc) is 3.40. The number of nitrogens with one attached hydrogen (secondary N) is 1. The van der Waals surface area contributed by atoms with Crippen molar-refractivity contribution in [3.05, 3.63) is 46.0 Å². The Balaban J connectivity index is 0.00000146. The molecule has 0 aromatic heterocycles. The van der Waals surface area contributed by atoms with E-state index in [9.17, 15) is 14.4 Å². The van der Waals surface area contributed by atoms with Crippen LogP contribution in [0.5, 0.6) is 0 Å². The van der Waals surface area contributed by atoms with Gasteiger partial charge in [0.2, 0.25) is 0 Å². The van der Waals surface area contributed by atoms with Crippen LogP contribution < -0.4 is 5.32 Å². The molecule has 6 nitrogen and oxygen atoms in total. The summed E-state index contributed by atoms with van der Waals surface area (Å²) in [5, 5.41) is 11.6. The number of carbonyl (C=O) groups excluding carboxylic acids is 3. The van der Waals surface area contributed by atoms with E-state index in [1.165, 1.54) is 36.8 Å². The highest BCUT2D eigenvalue weighted by atomic mass is 35.5. The maximum absolute atomic E-state index is 13.9. The Morgan fingerprint density at radius 3 is 2.31 bits per heavy atom. The van der Waals surface area contributed by atoms with Crippen molar-refractivity contribution in [2.75, 3.05) is 13.7 Å². The third-order valence-electron chi connectivity index (χ3n) is 14.5. The van der Waals surface area contributed by atoms with Crippen LogP contribution in [-0.2, 0) is 25.7 Å². The Morgan fingerprint density at radius 2 is 1.67 bits per heavy atom. The fraction of sp³-hybridized carbons (Fsp3) is 0.756. The van der Waals surface area contributed by atoms with Gasteiger partial charge in [0.05, 0.1) is 6.42 Å². The fourth-order valence-electron chi connectivity index (χ4n) is 12.5. The zero-order valence-corrected chi connectivity index (χ0v) is 35.1. The predicted molar refractivity (Wildman–Crippen MR) is 212 cm³/mol. The van der Waals surface area contributed by atoms with Gasteiger partial charge >= 0.3 is 5.97 Å². The monoisotopic (exact) mass is 739 g/mol. The number of aliphatic hydroxyl groups is 1. The van der Waals surface area contributed by atoms with Crippen LogP contribution >= 0.6 is 11.6 Å². The molecule has 0 heterocycles. The first-order valence-corrected chi connectivity index (χ1v) is 20.7. The van der Waals surface area contributed by atoms with Gasteiger partial charge in [0.1, 0.15) is 12.4 Å². The van der Waals surface area contributed by atoms with Gasteiger partial charge in [0.25, 0.3) is 0 Å². The number of benzene rings is 1. The van der Waals surface area contributed by atoms with E-state index >= 15 is 0 Å². The number of aldehydes is 1. The van der Waals surface area contributed by atoms with Crippen molar-refractivity contribution >= 4 is 29.6 Å². The first-order chi connectivity index (χ1) is 24.5. The number of rotatable bonds is 9. The molecule has 8 atom stereocenters. The lowest BCUT2D eigenvalue weighted by molar-refractivity contribution is -0.213. The molecule has 2 N–H and O–H groups in total. The van der Waals surface area contributed by atoms with Gasteiger partial charge in [-0.1, -0.05) is 98.5 Å². The minimum Gasteiger partial charge on any atom is -0.462 e. The van der Waals surface area contributed by atoms with Gasteiger partial charge in [-0.25, -0.2) is 0 Å². The molecule has 0 spiro atoms. The van der Waals surface area contributed by atoms with Crippen molar-refractivity contribution in [3.8, 4) is 0 Å². The Labute approximate surface area is 320 Å². The smallest absolute Gasteiger partial charge is 0.307 e. The zero-order chi connectivity index (χ0) is 38.9. The number of carbonyl (C=O) groups is 3. The summed E-state index contributed by atoms with van der Waals surface area (Å²) in [5.41, 5.74) is 3.35. The molecule has 4 saturated carbocycles. The van der Waals surface area contributed by atoms with Gasteiger partial charge < -0.3 is 20.0 Å². The maximum Gasteiger partial charge on any atom is 0.307 e. The lowest BCUT2D eigenvalue weighted by Gasteiger charge is -2.68. The van der Waals surface area contributed by atoms with Crippen LogP contribution in [0.1, 0.15) is 139 Å². The van der Waals surface area contributed by atoms with Crippen LogP contribution in [0.4, 0.5) is 0 Å². The number of ketones is 1. The molecule has 1 aromatic rings. The highest BCUT2D eigenvalue weighted by Crippen LogP contribution is 2.73. The van der Waals surface area contributed by atoms with E-state index in [-0.39, 0.29) is 46.1 Å². The molecule has 0 amide bonds. The van der Waals surface area contributed by atoms with Gasteiger partial charge in [-0.05, 0) is 115 Å². The van der Waals surface area contributed by atoms with E-state index in [1.807, 2.05) is 32.0 Å². The molecular weight excluding hydrogens is 670 g/mol. The number of hydrogen-bond acceptors (Lipinski definition) is 6. The molecule has 0 radical (unpaired) electrons. The van der Waals surface area contributed by atoms with Crippen LogP contribution in [0.15, 0.2) is 35.4 Å². The summed E-state index contributed by atoms with van der Waals surface area (Å²) >= 11 is 6.29. The lowest BCUT2D eigenvalue weighted by atomic mass is 9.36. The Morgan fingerprint density at radius 1 is 1.00 bits per heavy atom. The Hall–Kier alpha value is -2.02. The maximum atomic E-state index is 13.9. The summed E-state index contributed by atoms with van der Waals surface area (Å²) in [7, 11) is 1.00. The summed E-state index contributed by atoms with van der Waals surface area (Å²) in [5.74, 6) is 2.54. The molecule has 0 bridgehead atoms. The van der Waals surface area contributed by atoms with Crippen LogP contribution in [0.3, 0.4) is 0 Å². The molecule has 7 heteroatoms. The van der Waals surface area contributed by atoms with Gasteiger partial charge in [0, 0.05) is 47.9 Å². The molecule has 5 aliphatic rings. The molecule has 5 aliphatic carbocycles. The van der Waals surface area contributed by atoms with Crippen LogP contribution in [0.25, 0.3) is 0 Å². The van der Waals surface area contributed by atoms with Crippen molar-refractivity contribution in [2.45, 2.75) is 146 Å². The Kier molecular flexibility index (Phi) is 13.5. The number of halogens is 1. The molecular formula is C45H70ClNO5. The van der Waals surface area contributed by atoms with E-state index < -0.39 is 5.41 Å². The number of aliphatic hydroxyl groups excluding tert-OH is 1. The number of esters is 1. The van der Waals surface area contributed by atoms with Crippen molar-refractivity contribution < 1.29 is 24.2 Å². The van der Waals surface area contributed by atoms with Crippen molar-refractivity contribution in [2.24, 2.45) is 56.7 Å². The first-order valence-electron chi connectivity index (χ1n) is 20.3. The number of allylic oxidation sites excluding steroid dienone is 1. The van der Waals surface area contributed by atoms with Gasteiger partial charge in [0.15, 0.2) is 5.78 Å². The molecule has 5 unspecified atom stereocenters. The zero-order valence-electron chi connectivity index (χ0n) is 34.3. The summed E-state index contributed by atoms with van der Waals surface area (Å²) in [6.45, 7) is 23.5. The summed E-state index contributed by atoms with van der Waals surface area (Å²) in [4.78, 5) is 38.4. The summed E-state index contributed by atoms with van der Waals surface area (Å²) < 4.78 is 6.21. The minimum absolute atomic E-state index is 0.0803. The average molecular weight is 741 g/mol. The molecule has 0 saturated heterocycles. The number of hydrogen-bond donors (Lipinski definition) is 2.